The second-order valence-corrected chi connectivity index (χ2v) is 1.94. The maximum absolute atomic E-state index is 10.2. The molecule has 0 amide bonds. The molecule has 0 aliphatic rings. The number of nitrogens with zero attached hydrogens (tertiary/aromatic N) is 3. The molecule has 0 saturated carbocycles. The standard InChI is InChI=1S/C5H6N3O3.CH3.Rf/c1-7-4(3-9)2-6-5(7)8(10)11;;/h9H,3H2,1H3;1H3;/q2*-1;. The molecule has 1 aromatic rings. The maximum Gasteiger partial charge on any atom is 0.278 e. The van der Waals surface area contributed by atoms with E-state index in [1.54, 1.807) is 0 Å². The van der Waals surface area contributed by atoms with Gasteiger partial charge in [-0.1, -0.05) is 0 Å². The van der Waals surface area contributed by atoms with Gasteiger partial charge in [0.05, 0.1) is 6.61 Å². The molecule has 0 aliphatic carbocycles. The van der Waals surface area contributed by atoms with Gasteiger partial charge in [-0.05, 0) is 6.20 Å². The number of imidazole rings is 1. The Balaban J connectivity index is 0. The van der Waals surface area contributed by atoms with Crippen molar-refractivity contribution in [3.63, 3.8) is 0 Å². The van der Waals surface area contributed by atoms with Crippen molar-refractivity contribution in [1.82, 2.24) is 9.55 Å². The van der Waals surface area contributed by atoms with E-state index in [0.717, 1.165) is 0 Å². The minimum atomic E-state index is -0.629. The maximum atomic E-state index is 10.2. The van der Waals surface area contributed by atoms with Crippen LogP contribution in [-0.4, -0.2) is 19.6 Å². The Hall–Kier alpha value is -2.43. The first-order valence-corrected chi connectivity index (χ1v) is 2.85. The molecule has 13 heavy (non-hydrogen) atoms. The topological polar surface area (TPSA) is 81.2 Å². The van der Waals surface area contributed by atoms with E-state index in [1.807, 2.05) is 0 Å². The van der Waals surface area contributed by atoms with Crippen LogP contribution in [0.25, 0.3) is 0 Å². The minimum Gasteiger partial charge on any atom is -0.408 e. The van der Waals surface area contributed by atoms with E-state index >= 15 is 0 Å². The van der Waals surface area contributed by atoms with Crippen molar-refractivity contribution in [3.05, 3.63) is 29.4 Å². The van der Waals surface area contributed by atoms with E-state index in [1.165, 1.54) is 11.6 Å². The summed E-state index contributed by atoms with van der Waals surface area (Å²) in [6, 6.07) is 0. The fourth-order valence-electron chi connectivity index (χ4n) is 0.690. The number of aromatic nitrogens is 2. The van der Waals surface area contributed by atoms with Gasteiger partial charge >= 0.3 is 0 Å². The Bertz CT molecular complexity index is 287. The van der Waals surface area contributed by atoms with Crippen LogP contribution in [0.15, 0.2) is 0 Å². The first-order valence-electron chi connectivity index (χ1n) is 2.85. The average molecular weight is 438 g/mol. The first-order chi connectivity index (χ1) is 5.16. The van der Waals surface area contributed by atoms with Gasteiger partial charge in [0.15, 0.2) is 0 Å². The first kappa shape index (κ1) is 13.2. The van der Waals surface area contributed by atoms with Gasteiger partial charge in [-0.3, -0.25) is 4.98 Å². The van der Waals surface area contributed by atoms with Crippen molar-refractivity contribution in [2.45, 2.75) is 6.61 Å². The molecule has 1 aromatic heterocycles. The van der Waals surface area contributed by atoms with Crippen LogP contribution < -0.4 is 0 Å². The third-order valence-electron chi connectivity index (χ3n) is 1.30. The monoisotopic (exact) mass is 438 g/mol. The van der Waals surface area contributed by atoms with Crippen LogP contribution in [0.1, 0.15) is 5.69 Å². The smallest absolute Gasteiger partial charge is 0.278 e. The summed E-state index contributed by atoms with van der Waals surface area (Å²) in [6.07, 6.45) is 2.33. The van der Waals surface area contributed by atoms with Crippen LogP contribution in [0.4, 0.5) is 5.95 Å². The number of hydrogen-bond donors (Lipinski definition) is 1. The molecular weight excluding hydrogens is 429 g/mol. The van der Waals surface area contributed by atoms with Crippen molar-refractivity contribution < 1.29 is 10.0 Å². The van der Waals surface area contributed by atoms with E-state index in [0.29, 0.717) is 5.69 Å². The molecule has 0 aliphatic heterocycles. The van der Waals surface area contributed by atoms with E-state index in [9.17, 15) is 10.1 Å². The summed E-state index contributed by atoms with van der Waals surface area (Å²) in [5, 5.41) is 18.8. The molecule has 1 heterocycles. The molecule has 0 radical (unpaired) electrons. The van der Waals surface area contributed by atoms with Crippen molar-refractivity contribution in [1.29, 1.82) is 0 Å². The fourth-order valence-corrected chi connectivity index (χ4v) is 0.690. The summed E-state index contributed by atoms with van der Waals surface area (Å²) < 4.78 is 1.18. The molecule has 0 fully saturated rings. The number of aliphatic hydroxyl groups is 1. The van der Waals surface area contributed by atoms with E-state index < -0.39 is 4.92 Å². The number of nitro groups is 1. The van der Waals surface area contributed by atoms with Crippen LogP contribution in [0.2, 0.25) is 0 Å². The predicted octanol–water partition coefficient (Wildman–Crippen LogP) is 0.0711. The van der Waals surface area contributed by atoms with Crippen molar-refractivity contribution in [2.75, 3.05) is 0 Å². The third-order valence-corrected chi connectivity index (χ3v) is 1.30. The van der Waals surface area contributed by atoms with Gasteiger partial charge in [0.1, 0.15) is 0 Å². The Labute approximate surface area is 69.6 Å². The van der Waals surface area contributed by atoms with Crippen molar-refractivity contribution >= 4 is 5.95 Å². The molecule has 6 nitrogen and oxygen atoms in total. The van der Waals surface area contributed by atoms with Crippen LogP contribution >= 0.6 is 0 Å². The van der Waals surface area contributed by atoms with Crippen LogP contribution in [0, 0.1) is 23.7 Å². The van der Waals surface area contributed by atoms with Crippen LogP contribution in [0.3, 0.4) is 0 Å². The van der Waals surface area contributed by atoms with Gasteiger partial charge in [-0.25, -0.2) is 0 Å². The fraction of sp³-hybridized carbons (Fsp3) is 0.333. The van der Waals surface area contributed by atoms with Gasteiger partial charge in [0.25, 0.3) is 5.95 Å². The quantitative estimate of drug-likeness (QED) is 0.403. The zero-order valence-corrected chi connectivity index (χ0v) is 13.9. The molecular formula is C6H9N3O3Rf-2. The number of rotatable bonds is 2. The van der Waals surface area contributed by atoms with Crippen molar-refractivity contribution in [3.8, 4) is 0 Å². The Morgan fingerprint density at radius 2 is 2.31 bits per heavy atom. The Morgan fingerprint density at radius 1 is 1.77 bits per heavy atom. The zero-order chi connectivity index (χ0) is 8.43. The largest absolute Gasteiger partial charge is 0.408 e. The predicted molar refractivity (Wildman–Crippen MR) is 41.0 cm³/mol. The summed E-state index contributed by atoms with van der Waals surface area (Å²) in [4.78, 5) is 12.9. The summed E-state index contributed by atoms with van der Waals surface area (Å²) in [5.74, 6) is -0.311. The minimum absolute atomic E-state index is 0. The van der Waals surface area contributed by atoms with Gasteiger partial charge in [0.2, 0.25) is 0 Å². The van der Waals surface area contributed by atoms with Crippen molar-refractivity contribution in [2.24, 2.45) is 7.05 Å². The molecule has 0 aromatic carbocycles. The van der Waals surface area contributed by atoms with E-state index in [-0.39, 0.29) is 20.0 Å². The molecule has 70 valence electrons. The average Bonchev–Trinajstić information content (AvgIpc) is 2.30. The van der Waals surface area contributed by atoms with Gasteiger partial charge in [-0.2, -0.15) is 0 Å². The van der Waals surface area contributed by atoms with Crippen LogP contribution in [0.5, 0.6) is 0 Å². The molecule has 7 heteroatoms. The number of hydrogen-bond acceptors (Lipinski definition) is 4. The van der Waals surface area contributed by atoms with Crippen LogP contribution in [-0.2, 0) is 13.7 Å². The summed E-state index contributed by atoms with van der Waals surface area (Å²) in [7, 11) is 1.45. The second-order valence-electron chi connectivity index (χ2n) is 1.94. The van der Waals surface area contributed by atoms with Gasteiger partial charge in [0, 0.05) is 12.7 Å². The van der Waals surface area contributed by atoms with E-state index in [4.69, 9.17) is 5.11 Å². The summed E-state index contributed by atoms with van der Waals surface area (Å²) in [5.41, 5.74) is 0.303. The second kappa shape index (κ2) is 4.45. The molecule has 0 bridgehead atoms. The number of aliphatic hydroxyl groups excluding tert-OH is 1. The summed E-state index contributed by atoms with van der Waals surface area (Å²) in [6.45, 7) is -0.294. The third kappa shape index (κ3) is 2.00. The SMILES string of the molecule is Cn1c(CO)[c-]nc1[N+](=O)[O-].[CH3-].[Rf]. The molecule has 1 rings (SSSR count). The molecule has 1 N–H and O–H groups in total. The Morgan fingerprint density at radius 3 is 2.54 bits per heavy atom. The molecule has 0 spiro atoms. The molecule has 0 saturated heterocycles. The van der Waals surface area contributed by atoms with Gasteiger partial charge in [-0.15, -0.1) is 4.92 Å². The molecule has 0 atom stereocenters. The molecule has 0 unspecified atom stereocenters. The zero-order valence-electron chi connectivity index (χ0n) is 7.52. The van der Waals surface area contributed by atoms with Gasteiger partial charge < -0.3 is 27.2 Å². The van der Waals surface area contributed by atoms with E-state index in [2.05, 4.69) is 11.2 Å². The Kier molecular flexibility index (Phi) is 4.51. The normalized spacial score (nSPS) is 8.46. The summed E-state index contributed by atoms with van der Waals surface area (Å²) >= 11 is 0.